The maximum atomic E-state index is 11.7. The summed E-state index contributed by atoms with van der Waals surface area (Å²) in [7, 11) is 1.79. The number of urea groups is 1. The molecule has 2 rings (SSSR count). The third-order valence-electron chi connectivity index (χ3n) is 4.44. The number of rotatable bonds is 7. The smallest absolute Gasteiger partial charge is 0.319 e. The summed E-state index contributed by atoms with van der Waals surface area (Å²) in [5, 5.41) is 12.3. The third-order valence-corrected chi connectivity index (χ3v) is 4.44. The molecule has 1 aromatic carbocycles. The normalized spacial score (nSPS) is 14.5. The molecule has 0 atom stereocenters. The van der Waals surface area contributed by atoms with Crippen molar-refractivity contribution in [1.82, 2.24) is 16.0 Å². The minimum Gasteiger partial charge on any atom is -0.356 e. The number of nitrogens with zero attached hydrogens (tertiary/aromatic N) is 1. The molecule has 0 aliphatic heterocycles. The van der Waals surface area contributed by atoms with E-state index in [0.29, 0.717) is 6.54 Å². The van der Waals surface area contributed by atoms with Crippen molar-refractivity contribution in [3.05, 3.63) is 41.5 Å². The molecule has 1 aliphatic carbocycles. The Labute approximate surface area is 162 Å². The summed E-state index contributed by atoms with van der Waals surface area (Å²) in [5.41, 5.74) is 3.47. The van der Waals surface area contributed by atoms with Gasteiger partial charge in [-0.25, -0.2) is 4.79 Å². The van der Waals surface area contributed by atoms with Crippen molar-refractivity contribution in [3.8, 4) is 0 Å². The molecule has 0 radical (unpaired) electrons. The van der Waals surface area contributed by atoms with Gasteiger partial charge in [0.2, 0.25) is 0 Å². The Morgan fingerprint density at radius 1 is 1.15 bits per heavy atom. The monoisotopic (exact) mass is 371 g/mol. The fourth-order valence-electron chi connectivity index (χ4n) is 3.01. The van der Waals surface area contributed by atoms with E-state index in [2.05, 4.69) is 32.3 Å². The summed E-state index contributed by atoms with van der Waals surface area (Å²) in [5.74, 6) is 0.810. The van der Waals surface area contributed by atoms with Crippen molar-refractivity contribution < 1.29 is 4.79 Å². The van der Waals surface area contributed by atoms with Crippen LogP contribution in [0.2, 0.25) is 0 Å². The lowest BCUT2D eigenvalue weighted by molar-refractivity contribution is 0.250. The summed E-state index contributed by atoms with van der Waals surface area (Å²) in [6, 6.07) is 7.73. The predicted molar refractivity (Wildman–Crippen MR) is 113 cm³/mol. The highest BCUT2D eigenvalue weighted by molar-refractivity contribution is 5.89. The van der Waals surface area contributed by atoms with Gasteiger partial charge in [-0.2, -0.15) is 0 Å². The molecular formula is C21H33N5O. The lowest BCUT2D eigenvalue weighted by Crippen LogP contribution is -2.37. The van der Waals surface area contributed by atoms with E-state index in [1.165, 1.54) is 25.7 Å². The highest BCUT2D eigenvalue weighted by Gasteiger charge is 2.05. The van der Waals surface area contributed by atoms with E-state index in [-0.39, 0.29) is 12.1 Å². The summed E-state index contributed by atoms with van der Waals surface area (Å²) < 4.78 is 0. The Balaban J connectivity index is 1.72. The van der Waals surface area contributed by atoms with Crippen LogP contribution in [0.25, 0.3) is 0 Å². The lowest BCUT2D eigenvalue weighted by Gasteiger charge is -2.15. The zero-order chi connectivity index (χ0) is 19.5. The van der Waals surface area contributed by atoms with E-state index in [9.17, 15) is 4.79 Å². The fourth-order valence-corrected chi connectivity index (χ4v) is 3.01. The molecule has 0 unspecified atom stereocenters. The number of aliphatic imine (C=N–C) groups is 1. The number of nitrogens with one attached hydrogen (secondary N) is 4. The number of hydrogen-bond donors (Lipinski definition) is 4. The summed E-state index contributed by atoms with van der Waals surface area (Å²) in [4.78, 5) is 16.0. The highest BCUT2D eigenvalue weighted by atomic mass is 16.2. The van der Waals surface area contributed by atoms with Crippen LogP contribution in [-0.4, -0.2) is 31.6 Å². The molecule has 4 N–H and O–H groups in total. The Morgan fingerprint density at radius 3 is 2.56 bits per heavy atom. The van der Waals surface area contributed by atoms with Crippen molar-refractivity contribution in [1.29, 1.82) is 0 Å². The van der Waals surface area contributed by atoms with E-state index in [1.54, 1.807) is 12.6 Å². The van der Waals surface area contributed by atoms with Gasteiger partial charge in [0, 0.05) is 31.9 Å². The summed E-state index contributed by atoms with van der Waals surface area (Å²) >= 11 is 0. The molecule has 0 spiro atoms. The Bertz CT molecular complexity index is 649. The van der Waals surface area contributed by atoms with Crippen LogP contribution in [0.3, 0.4) is 0 Å². The van der Waals surface area contributed by atoms with E-state index in [0.717, 1.165) is 30.2 Å². The van der Waals surface area contributed by atoms with Crippen LogP contribution >= 0.6 is 0 Å². The van der Waals surface area contributed by atoms with Crippen LogP contribution in [0, 0.1) is 0 Å². The third kappa shape index (κ3) is 8.15. The molecule has 0 aromatic heterocycles. The Hall–Kier alpha value is -2.50. The first kappa shape index (κ1) is 20.8. The number of carbonyl (C=O) groups excluding carboxylic acids is 1. The van der Waals surface area contributed by atoms with Crippen molar-refractivity contribution in [2.45, 2.75) is 58.5 Å². The van der Waals surface area contributed by atoms with Crippen molar-refractivity contribution in [2.24, 2.45) is 4.99 Å². The Kier molecular flexibility index (Phi) is 8.68. The number of benzene rings is 1. The van der Waals surface area contributed by atoms with Gasteiger partial charge in [0.1, 0.15) is 0 Å². The first-order valence-electron chi connectivity index (χ1n) is 9.85. The van der Waals surface area contributed by atoms with Gasteiger partial charge in [-0.15, -0.1) is 0 Å². The number of anilines is 1. The van der Waals surface area contributed by atoms with E-state index in [4.69, 9.17) is 0 Å². The van der Waals surface area contributed by atoms with Gasteiger partial charge in [0.25, 0.3) is 0 Å². The van der Waals surface area contributed by atoms with Gasteiger partial charge in [0.05, 0.1) is 0 Å². The zero-order valence-corrected chi connectivity index (χ0v) is 16.8. The first-order valence-corrected chi connectivity index (χ1v) is 9.85. The van der Waals surface area contributed by atoms with E-state index < -0.39 is 0 Å². The summed E-state index contributed by atoms with van der Waals surface area (Å²) in [6.07, 6.45) is 8.59. The van der Waals surface area contributed by atoms with Gasteiger partial charge in [0.15, 0.2) is 5.96 Å². The second kappa shape index (κ2) is 11.3. The molecule has 148 valence electrons. The summed E-state index contributed by atoms with van der Waals surface area (Å²) in [6.45, 7) is 5.45. The van der Waals surface area contributed by atoms with Crippen LogP contribution < -0.4 is 21.3 Å². The van der Waals surface area contributed by atoms with Crippen LogP contribution in [0.5, 0.6) is 0 Å². The molecule has 6 nitrogen and oxygen atoms in total. The maximum absolute atomic E-state index is 11.7. The van der Waals surface area contributed by atoms with E-state index in [1.807, 2.05) is 38.1 Å². The quantitative estimate of drug-likeness (QED) is 0.335. The first-order chi connectivity index (χ1) is 13.1. The van der Waals surface area contributed by atoms with Crippen LogP contribution in [0.1, 0.15) is 51.5 Å². The molecule has 1 aliphatic rings. The van der Waals surface area contributed by atoms with Crippen molar-refractivity contribution >= 4 is 17.7 Å². The highest BCUT2D eigenvalue weighted by Crippen LogP contribution is 2.19. The fraction of sp³-hybridized carbons (Fsp3) is 0.524. The second-order valence-electron chi connectivity index (χ2n) is 7.16. The molecule has 6 heteroatoms. The predicted octanol–water partition coefficient (Wildman–Crippen LogP) is 3.77. The average molecular weight is 372 g/mol. The topological polar surface area (TPSA) is 77.6 Å². The molecule has 0 heterocycles. The molecule has 2 amide bonds. The van der Waals surface area contributed by atoms with Crippen LogP contribution in [0.4, 0.5) is 10.5 Å². The van der Waals surface area contributed by atoms with Gasteiger partial charge in [-0.3, -0.25) is 4.99 Å². The van der Waals surface area contributed by atoms with Crippen LogP contribution in [0.15, 0.2) is 40.9 Å². The molecule has 0 saturated carbocycles. The average Bonchev–Trinajstić information content (AvgIpc) is 2.66. The largest absolute Gasteiger partial charge is 0.356 e. The lowest BCUT2D eigenvalue weighted by atomic mass is 9.97. The van der Waals surface area contributed by atoms with Gasteiger partial charge in [-0.05, 0) is 63.6 Å². The molecular weight excluding hydrogens is 338 g/mol. The maximum Gasteiger partial charge on any atom is 0.319 e. The van der Waals surface area contributed by atoms with E-state index >= 15 is 0 Å². The number of amides is 2. The van der Waals surface area contributed by atoms with Crippen molar-refractivity contribution in [3.63, 3.8) is 0 Å². The number of allylic oxidation sites excluding steroid dienone is 1. The van der Waals surface area contributed by atoms with Crippen LogP contribution in [-0.2, 0) is 6.54 Å². The SMILES string of the molecule is CN=C(NCCC1=CCCCC1)NCc1ccc(NC(=O)NC(C)C)cc1. The zero-order valence-electron chi connectivity index (χ0n) is 16.8. The standard InChI is InChI=1S/C21H33N5O/c1-16(2)25-21(27)26-19-11-9-18(10-12-19)15-24-20(22-3)23-14-13-17-7-5-4-6-8-17/h7,9-12,16H,4-6,8,13-15H2,1-3H3,(H2,22,23,24)(H2,25,26,27). The number of carbonyl (C=O) groups is 1. The number of guanidine groups is 1. The molecule has 27 heavy (non-hydrogen) atoms. The molecule has 0 fully saturated rings. The minimum absolute atomic E-state index is 0.113. The van der Waals surface area contributed by atoms with Gasteiger partial charge in [-0.1, -0.05) is 23.8 Å². The van der Waals surface area contributed by atoms with Gasteiger partial charge < -0.3 is 21.3 Å². The molecule has 0 bridgehead atoms. The minimum atomic E-state index is -0.187. The Morgan fingerprint density at radius 2 is 1.93 bits per heavy atom. The van der Waals surface area contributed by atoms with Crippen molar-refractivity contribution in [2.75, 3.05) is 18.9 Å². The van der Waals surface area contributed by atoms with Gasteiger partial charge >= 0.3 is 6.03 Å². The number of hydrogen-bond acceptors (Lipinski definition) is 2. The second-order valence-corrected chi connectivity index (χ2v) is 7.16. The molecule has 0 saturated heterocycles. The molecule has 1 aromatic rings.